The largest absolute Gasteiger partial charge is 0.384 e. The Morgan fingerprint density at radius 1 is 1.47 bits per heavy atom. The lowest BCUT2D eigenvalue weighted by Gasteiger charge is -1.99. The van der Waals surface area contributed by atoms with Crippen molar-refractivity contribution in [1.29, 1.82) is 0 Å². The second kappa shape index (κ2) is 5.98. The summed E-state index contributed by atoms with van der Waals surface area (Å²) in [5.74, 6) is -0.418. The first kappa shape index (κ1) is 11.5. The highest BCUT2D eigenvalue weighted by molar-refractivity contribution is 6.06. The number of carbonyl (C=O) groups excluding carboxylic acids is 2. The lowest BCUT2D eigenvalue weighted by Crippen LogP contribution is -2.11. The quantitative estimate of drug-likeness (QED) is 0.507. The molecule has 0 aliphatic carbocycles. The predicted octanol–water partition coefficient (Wildman–Crippen LogP) is 0.655. The summed E-state index contributed by atoms with van der Waals surface area (Å²) in [6.07, 6.45) is 2.89. The number of Topliss-reactive ketones (excluding diaryl/α,β-unsaturated/α-hetero) is 2. The van der Waals surface area contributed by atoms with Gasteiger partial charge in [-0.1, -0.05) is 0 Å². The molecule has 0 fully saturated rings. The van der Waals surface area contributed by atoms with Crippen LogP contribution in [0.4, 0.5) is 0 Å². The molecule has 0 saturated carbocycles. The van der Waals surface area contributed by atoms with E-state index in [2.05, 4.69) is 9.97 Å². The van der Waals surface area contributed by atoms with E-state index < -0.39 is 0 Å². The summed E-state index contributed by atoms with van der Waals surface area (Å²) in [4.78, 5) is 30.2. The Morgan fingerprint density at radius 3 is 2.87 bits per heavy atom. The van der Waals surface area contributed by atoms with Crippen LogP contribution >= 0.6 is 0 Å². The van der Waals surface area contributed by atoms with Gasteiger partial charge < -0.3 is 4.74 Å². The van der Waals surface area contributed by atoms with Gasteiger partial charge >= 0.3 is 0 Å². The number of ether oxygens (including phenoxy) is 1. The predicted molar refractivity (Wildman–Crippen MR) is 52.5 cm³/mol. The lowest BCUT2D eigenvalue weighted by atomic mass is 10.1. The molecule has 1 rings (SSSR count). The molecular formula is C10H12N2O3. The maximum atomic E-state index is 11.5. The Kier molecular flexibility index (Phi) is 4.56. The maximum absolute atomic E-state index is 11.5. The van der Waals surface area contributed by atoms with Gasteiger partial charge in [0.2, 0.25) is 0 Å². The fourth-order valence-corrected chi connectivity index (χ4v) is 1.03. The summed E-state index contributed by atoms with van der Waals surface area (Å²) in [5, 5.41) is 0. The molecule has 0 N–H and O–H groups in total. The highest BCUT2D eigenvalue weighted by atomic mass is 16.5. The molecule has 0 aliphatic heterocycles. The van der Waals surface area contributed by atoms with Crippen molar-refractivity contribution in [2.75, 3.05) is 13.7 Å². The van der Waals surface area contributed by atoms with E-state index in [9.17, 15) is 9.59 Å². The number of nitrogens with zero attached hydrogens (tertiary/aromatic N) is 2. The molecule has 1 heterocycles. The van der Waals surface area contributed by atoms with Gasteiger partial charge in [0.15, 0.2) is 5.78 Å². The van der Waals surface area contributed by atoms with E-state index in [1.165, 1.54) is 25.7 Å². The van der Waals surface area contributed by atoms with E-state index in [0.29, 0.717) is 6.61 Å². The van der Waals surface area contributed by atoms with Gasteiger partial charge in [0, 0.05) is 19.7 Å². The Labute approximate surface area is 87.5 Å². The van der Waals surface area contributed by atoms with Crippen molar-refractivity contribution >= 4 is 11.6 Å². The number of hydrogen-bond donors (Lipinski definition) is 0. The van der Waals surface area contributed by atoms with Crippen molar-refractivity contribution in [3.63, 3.8) is 0 Å². The van der Waals surface area contributed by atoms with Crippen LogP contribution in [-0.2, 0) is 9.53 Å². The van der Waals surface area contributed by atoms with Crippen LogP contribution in [0.3, 0.4) is 0 Å². The first-order valence-electron chi connectivity index (χ1n) is 4.54. The summed E-state index contributed by atoms with van der Waals surface area (Å²) in [7, 11) is 1.51. The first-order chi connectivity index (χ1) is 7.24. The van der Waals surface area contributed by atoms with E-state index in [1.807, 2.05) is 0 Å². The lowest BCUT2D eigenvalue weighted by molar-refractivity contribution is -0.119. The first-order valence-corrected chi connectivity index (χ1v) is 4.54. The monoisotopic (exact) mass is 208 g/mol. The third-order valence-corrected chi connectivity index (χ3v) is 1.81. The highest BCUT2D eigenvalue weighted by Gasteiger charge is 2.12. The average Bonchev–Trinajstić information content (AvgIpc) is 2.27. The van der Waals surface area contributed by atoms with Gasteiger partial charge in [0.25, 0.3) is 0 Å². The maximum Gasteiger partial charge on any atom is 0.188 e. The number of methoxy groups -OCH3 is 1. The van der Waals surface area contributed by atoms with Crippen molar-refractivity contribution in [3.05, 3.63) is 24.3 Å². The topological polar surface area (TPSA) is 69.2 Å². The SMILES string of the molecule is COCCC(=O)CC(=O)c1ccncn1. The zero-order valence-electron chi connectivity index (χ0n) is 8.47. The van der Waals surface area contributed by atoms with Crippen LogP contribution in [-0.4, -0.2) is 35.3 Å². The van der Waals surface area contributed by atoms with E-state index >= 15 is 0 Å². The number of aromatic nitrogens is 2. The number of carbonyl (C=O) groups is 2. The third kappa shape index (κ3) is 3.95. The number of rotatable bonds is 6. The molecule has 1 aromatic rings. The van der Waals surface area contributed by atoms with Gasteiger partial charge in [-0.15, -0.1) is 0 Å². The molecule has 0 atom stereocenters. The Hall–Kier alpha value is -1.62. The fraction of sp³-hybridized carbons (Fsp3) is 0.400. The second-order valence-corrected chi connectivity index (χ2v) is 2.98. The smallest absolute Gasteiger partial charge is 0.188 e. The molecular weight excluding hydrogens is 196 g/mol. The van der Waals surface area contributed by atoms with Crippen molar-refractivity contribution in [3.8, 4) is 0 Å². The highest BCUT2D eigenvalue weighted by Crippen LogP contribution is 2.00. The van der Waals surface area contributed by atoms with Crippen molar-refractivity contribution in [1.82, 2.24) is 9.97 Å². The van der Waals surface area contributed by atoms with Crippen LogP contribution in [0.15, 0.2) is 18.6 Å². The van der Waals surface area contributed by atoms with E-state index in [-0.39, 0.29) is 30.1 Å². The van der Waals surface area contributed by atoms with E-state index in [1.54, 1.807) is 0 Å². The Balaban J connectivity index is 2.46. The van der Waals surface area contributed by atoms with Crippen LogP contribution in [0.1, 0.15) is 23.3 Å². The molecule has 1 aromatic heterocycles. The average molecular weight is 208 g/mol. The van der Waals surface area contributed by atoms with Crippen LogP contribution in [0, 0.1) is 0 Å². The molecule has 0 aromatic carbocycles. The minimum Gasteiger partial charge on any atom is -0.384 e. The third-order valence-electron chi connectivity index (χ3n) is 1.81. The summed E-state index contributed by atoms with van der Waals surface area (Å²) < 4.78 is 4.74. The van der Waals surface area contributed by atoms with Gasteiger partial charge in [-0.2, -0.15) is 0 Å². The molecule has 0 bridgehead atoms. The standard InChI is InChI=1S/C10H12N2O3/c1-15-5-3-8(13)6-10(14)9-2-4-11-7-12-9/h2,4,7H,3,5-6H2,1H3. The zero-order valence-corrected chi connectivity index (χ0v) is 8.47. The van der Waals surface area contributed by atoms with Crippen LogP contribution in [0.2, 0.25) is 0 Å². The van der Waals surface area contributed by atoms with Crippen LogP contribution in [0.25, 0.3) is 0 Å². The van der Waals surface area contributed by atoms with Gasteiger partial charge in [0.1, 0.15) is 17.8 Å². The molecule has 5 nitrogen and oxygen atoms in total. The zero-order chi connectivity index (χ0) is 11.1. The summed E-state index contributed by atoms with van der Waals surface area (Å²) >= 11 is 0. The molecule has 15 heavy (non-hydrogen) atoms. The van der Waals surface area contributed by atoms with Gasteiger partial charge in [-0.3, -0.25) is 9.59 Å². The number of ketones is 2. The molecule has 0 aliphatic rings. The normalized spacial score (nSPS) is 9.93. The fourth-order valence-electron chi connectivity index (χ4n) is 1.03. The van der Waals surface area contributed by atoms with Crippen molar-refractivity contribution < 1.29 is 14.3 Å². The summed E-state index contributed by atoms with van der Waals surface area (Å²) in [6.45, 7) is 0.343. The molecule has 0 saturated heterocycles. The molecule has 5 heteroatoms. The van der Waals surface area contributed by atoms with Gasteiger partial charge in [-0.25, -0.2) is 9.97 Å². The summed E-state index contributed by atoms with van der Waals surface area (Å²) in [6, 6.07) is 1.49. The van der Waals surface area contributed by atoms with Crippen LogP contribution < -0.4 is 0 Å². The van der Waals surface area contributed by atoms with Crippen molar-refractivity contribution in [2.45, 2.75) is 12.8 Å². The molecule has 0 unspecified atom stereocenters. The van der Waals surface area contributed by atoms with E-state index in [0.717, 1.165) is 0 Å². The minimum absolute atomic E-state index is 0.125. The van der Waals surface area contributed by atoms with Crippen LogP contribution in [0.5, 0.6) is 0 Å². The Morgan fingerprint density at radius 2 is 2.27 bits per heavy atom. The van der Waals surface area contributed by atoms with Gasteiger partial charge in [0.05, 0.1) is 13.0 Å². The molecule has 0 radical (unpaired) electrons. The summed E-state index contributed by atoms with van der Waals surface area (Å²) in [5.41, 5.74) is 0.274. The molecule has 80 valence electrons. The number of hydrogen-bond acceptors (Lipinski definition) is 5. The molecule has 0 amide bonds. The second-order valence-electron chi connectivity index (χ2n) is 2.98. The van der Waals surface area contributed by atoms with Gasteiger partial charge in [-0.05, 0) is 6.07 Å². The Bertz CT molecular complexity index is 338. The van der Waals surface area contributed by atoms with E-state index in [4.69, 9.17) is 4.74 Å². The molecule has 0 spiro atoms. The minimum atomic E-state index is -0.279. The van der Waals surface area contributed by atoms with Crippen molar-refractivity contribution in [2.24, 2.45) is 0 Å².